The lowest BCUT2D eigenvalue weighted by Crippen LogP contribution is -2.55. The summed E-state index contributed by atoms with van der Waals surface area (Å²) >= 11 is 0. The zero-order valence-electron chi connectivity index (χ0n) is 24.7. The van der Waals surface area contributed by atoms with E-state index in [0.717, 1.165) is 5.56 Å². The number of amides is 4. The van der Waals surface area contributed by atoms with Crippen LogP contribution in [0.4, 0.5) is 4.39 Å². The van der Waals surface area contributed by atoms with E-state index in [4.69, 9.17) is 9.47 Å². The van der Waals surface area contributed by atoms with Gasteiger partial charge < -0.3 is 30.7 Å². The quantitative estimate of drug-likeness (QED) is 0.292. The van der Waals surface area contributed by atoms with Crippen LogP contribution >= 0.6 is 0 Å². The third-order valence-electron chi connectivity index (χ3n) is 7.00. The maximum absolute atomic E-state index is 13.4. The summed E-state index contributed by atoms with van der Waals surface area (Å²) in [6, 6.07) is 19.0. The van der Waals surface area contributed by atoms with Crippen LogP contribution in [0.3, 0.4) is 0 Å². The molecular weight excluding hydrogens is 567 g/mol. The number of halogens is 1. The van der Waals surface area contributed by atoms with Crippen molar-refractivity contribution in [3.63, 3.8) is 0 Å². The third kappa shape index (κ3) is 9.29. The second kappa shape index (κ2) is 15.5. The molecule has 4 amide bonds. The van der Waals surface area contributed by atoms with E-state index in [1.807, 2.05) is 30.3 Å². The van der Waals surface area contributed by atoms with Crippen LogP contribution in [0.15, 0.2) is 78.9 Å². The van der Waals surface area contributed by atoms with Gasteiger partial charge in [-0.05, 0) is 54.3 Å². The summed E-state index contributed by atoms with van der Waals surface area (Å²) in [6.07, 6.45) is 0.0518. The zero-order valence-corrected chi connectivity index (χ0v) is 24.7. The lowest BCUT2D eigenvalue weighted by Gasteiger charge is -2.27. The van der Waals surface area contributed by atoms with Gasteiger partial charge >= 0.3 is 0 Å². The standard InChI is InChI=1S/C33H37FN4O6/c1-21(2)30-33(42)36-24(18-22-8-4-3-5-9-22)20-44-28-11-7-6-10-26(28)31(40)37-27(19-29(39)38-30)32(41)35-16-17-43-25-14-12-23(34)13-15-25/h3-15,21,24,27,30H,16-20H2,1-2H3,(H,35,41)(H,36,42)(H,37,40)(H,38,39)/t24-,27+,30+/m1/s1. The van der Waals surface area contributed by atoms with Gasteiger partial charge in [-0.3, -0.25) is 19.2 Å². The number of carbonyl (C=O) groups excluding carboxylic acids is 4. The van der Waals surface area contributed by atoms with Crippen molar-refractivity contribution < 1.29 is 33.0 Å². The summed E-state index contributed by atoms with van der Waals surface area (Å²) in [5, 5.41) is 11.1. The van der Waals surface area contributed by atoms with Crippen LogP contribution in [0.2, 0.25) is 0 Å². The summed E-state index contributed by atoms with van der Waals surface area (Å²) < 4.78 is 24.7. The first-order valence-electron chi connectivity index (χ1n) is 14.5. The number of fused-ring (bicyclic) bond motifs is 1. The molecule has 44 heavy (non-hydrogen) atoms. The average molecular weight is 605 g/mol. The van der Waals surface area contributed by atoms with Gasteiger partial charge in [-0.2, -0.15) is 0 Å². The van der Waals surface area contributed by atoms with Crippen molar-refractivity contribution in [3.8, 4) is 11.5 Å². The lowest BCUT2D eigenvalue weighted by atomic mass is 10.0. The molecule has 11 heteroatoms. The SMILES string of the molecule is CC(C)[C@@H]1NC(=O)C[C@@H](C(=O)NCCOc2ccc(F)cc2)NC(=O)c2ccccc2OC[C@@H](Cc2ccccc2)NC1=O. The Hall–Kier alpha value is -4.93. The molecule has 1 aliphatic rings. The molecular formula is C33H37FN4O6. The van der Waals surface area contributed by atoms with Gasteiger partial charge in [0, 0.05) is 0 Å². The monoisotopic (exact) mass is 604 g/mol. The minimum atomic E-state index is -1.26. The molecule has 0 aliphatic carbocycles. The molecule has 3 aromatic rings. The molecule has 0 unspecified atom stereocenters. The van der Waals surface area contributed by atoms with Gasteiger partial charge in [-0.15, -0.1) is 0 Å². The summed E-state index contributed by atoms with van der Waals surface area (Å²) in [7, 11) is 0. The molecule has 1 aliphatic heterocycles. The van der Waals surface area contributed by atoms with Gasteiger partial charge in [0.15, 0.2) is 0 Å². The van der Waals surface area contributed by atoms with Gasteiger partial charge in [0.05, 0.1) is 24.6 Å². The summed E-state index contributed by atoms with van der Waals surface area (Å²) in [5.41, 5.74) is 1.16. The van der Waals surface area contributed by atoms with E-state index in [-0.39, 0.29) is 42.9 Å². The zero-order chi connectivity index (χ0) is 31.5. The molecule has 0 fully saturated rings. The van der Waals surface area contributed by atoms with Crippen molar-refractivity contribution in [2.45, 2.75) is 44.8 Å². The Morgan fingerprint density at radius 2 is 1.66 bits per heavy atom. The van der Waals surface area contributed by atoms with E-state index >= 15 is 0 Å². The molecule has 10 nitrogen and oxygen atoms in total. The van der Waals surface area contributed by atoms with Crippen LogP contribution in [-0.2, 0) is 20.8 Å². The Labute approximate surface area is 255 Å². The topological polar surface area (TPSA) is 135 Å². The number of para-hydroxylation sites is 1. The van der Waals surface area contributed by atoms with Crippen molar-refractivity contribution in [1.29, 1.82) is 0 Å². The first-order chi connectivity index (χ1) is 21.2. The number of hydrogen-bond acceptors (Lipinski definition) is 6. The first-order valence-corrected chi connectivity index (χ1v) is 14.5. The van der Waals surface area contributed by atoms with E-state index in [2.05, 4.69) is 21.3 Å². The van der Waals surface area contributed by atoms with Crippen molar-refractivity contribution in [2.75, 3.05) is 19.8 Å². The average Bonchev–Trinajstić information content (AvgIpc) is 3.01. The van der Waals surface area contributed by atoms with Crippen LogP contribution < -0.4 is 30.7 Å². The highest BCUT2D eigenvalue weighted by Crippen LogP contribution is 2.20. The Balaban J connectivity index is 1.52. The molecule has 0 saturated heterocycles. The number of carbonyl (C=O) groups is 4. The smallest absolute Gasteiger partial charge is 0.255 e. The molecule has 232 valence electrons. The normalized spacial score (nSPS) is 19.4. The largest absolute Gasteiger partial charge is 0.492 e. The van der Waals surface area contributed by atoms with Gasteiger partial charge in [-0.1, -0.05) is 56.3 Å². The molecule has 0 aromatic heterocycles. The van der Waals surface area contributed by atoms with E-state index < -0.39 is 48.1 Å². The minimum Gasteiger partial charge on any atom is -0.492 e. The number of rotatable bonds is 8. The van der Waals surface area contributed by atoms with Crippen molar-refractivity contribution in [2.24, 2.45) is 5.92 Å². The number of hydrogen-bond donors (Lipinski definition) is 4. The maximum atomic E-state index is 13.4. The molecule has 0 spiro atoms. The number of benzene rings is 3. The summed E-state index contributed by atoms with van der Waals surface area (Å²) in [4.78, 5) is 53.2. The highest BCUT2D eigenvalue weighted by atomic mass is 19.1. The predicted octanol–water partition coefficient (Wildman–Crippen LogP) is 2.77. The number of nitrogens with one attached hydrogen (secondary N) is 4. The Kier molecular flexibility index (Phi) is 11.3. The van der Waals surface area contributed by atoms with Gasteiger partial charge in [0.25, 0.3) is 5.91 Å². The van der Waals surface area contributed by atoms with Crippen molar-refractivity contribution >= 4 is 23.6 Å². The maximum Gasteiger partial charge on any atom is 0.255 e. The van der Waals surface area contributed by atoms with E-state index in [0.29, 0.717) is 12.2 Å². The van der Waals surface area contributed by atoms with Crippen LogP contribution in [-0.4, -0.2) is 61.5 Å². The fourth-order valence-corrected chi connectivity index (χ4v) is 4.71. The van der Waals surface area contributed by atoms with Crippen molar-refractivity contribution in [1.82, 2.24) is 21.3 Å². The fourth-order valence-electron chi connectivity index (χ4n) is 4.71. The molecule has 0 bridgehead atoms. The van der Waals surface area contributed by atoms with Gasteiger partial charge in [0.1, 0.15) is 42.6 Å². The van der Waals surface area contributed by atoms with Crippen LogP contribution in [0, 0.1) is 11.7 Å². The highest BCUT2D eigenvalue weighted by molar-refractivity contribution is 6.01. The fraction of sp³-hybridized carbons (Fsp3) is 0.333. The minimum absolute atomic E-state index is 0.0572. The third-order valence-corrected chi connectivity index (χ3v) is 7.00. The second-order valence-corrected chi connectivity index (χ2v) is 10.8. The Morgan fingerprint density at radius 1 is 0.955 bits per heavy atom. The first kappa shape index (κ1) is 32.0. The summed E-state index contributed by atoms with van der Waals surface area (Å²) in [5.74, 6) is -2.15. The molecule has 0 radical (unpaired) electrons. The van der Waals surface area contributed by atoms with Crippen LogP contribution in [0.5, 0.6) is 11.5 Å². The van der Waals surface area contributed by atoms with Crippen molar-refractivity contribution in [3.05, 3.63) is 95.8 Å². The van der Waals surface area contributed by atoms with Crippen LogP contribution in [0.1, 0.15) is 36.2 Å². The lowest BCUT2D eigenvalue weighted by molar-refractivity contribution is -0.132. The Morgan fingerprint density at radius 3 is 2.39 bits per heavy atom. The molecule has 3 atom stereocenters. The molecule has 4 N–H and O–H groups in total. The molecule has 4 rings (SSSR count). The Bertz CT molecular complexity index is 1430. The molecule has 3 aromatic carbocycles. The van der Waals surface area contributed by atoms with E-state index in [1.165, 1.54) is 24.3 Å². The predicted molar refractivity (Wildman–Crippen MR) is 162 cm³/mol. The van der Waals surface area contributed by atoms with Crippen LogP contribution in [0.25, 0.3) is 0 Å². The number of ether oxygens (including phenoxy) is 2. The van der Waals surface area contributed by atoms with E-state index in [9.17, 15) is 23.6 Å². The van der Waals surface area contributed by atoms with Gasteiger partial charge in [-0.25, -0.2) is 4.39 Å². The van der Waals surface area contributed by atoms with Gasteiger partial charge in [0.2, 0.25) is 17.7 Å². The summed E-state index contributed by atoms with van der Waals surface area (Å²) in [6.45, 7) is 3.80. The molecule has 1 heterocycles. The van der Waals surface area contributed by atoms with E-state index in [1.54, 1.807) is 38.1 Å². The molecule has 0 saturated carbocycles. The highest BCUT2D eigenvalue weighted by Gasteiger charge is 2.31. The second-order valence-electron chi connectivity index (χ2n) is 10.8.